The molecule has 19 heavy (non-hydrogen) atoms. The summed E-state index contributed by atoms with van der Waals surface area (Å²) in [5.41, 5.74) is 0.733. The van der Waals surface area contributed by atoms with Crippen LogP contribution >= 0.6 is 11.6 Å². The van der Waals surface area contributed by atoms with E-state index in [-0.39, 0.29) is 0 Å². The molecule has 0 atom stereocenters. The zero-order chi connectivity index (χ0) is 14.3. The minimum Gasteiger partial charge on any atom is -0.367 e. The fourth-order valence-electron chi connectivity index (χ4n) is 3.76. The molecule has 3 nitrogen and oxygen atoms in total. The van der Waals surface area contributed by atoms with E-state index >= 15 is 0 Å². The first-order valence-electron chi connectivity index (χ1n) is 6.93. The molecule has 1 N–H and O–H groups in total. The number of anilines is 1. The Morgan fingerprint density at radius 3 is 2.26 bits per heavy atom. The Bertz CT molecular complexity index is 432. The maximum absolute atomic E-state index is 5.99. The van der Waals surface area contributed by atoms with Gasteiger partial charge in [-0.2, -0.15) is 0 Å². The molecule has 106 valence electrons. The quantitative estimate of drug-likeness (QED) is 0.814. The molecule has 1 aliphatic carbocycles. The van der Waals surface area contributed by atoms with Crippen LogP contribution < -0.4 is 5.32 Å². The maximum atomic E-state index is 5.99. The molecule has 0 aromatic carbocycles. The summed E-state index contributed by atoms with van der Waals surface area (Å²) >= 11 is 5.99. The Kier molecular flexibility index (Phi) is 3.78. The largest absolute Gasteiger partial charge is 0.367 e. The molecule has 1 heterocycles. The van der Waals surface area contributed by atoms with Gasteiger partial charge in [0.25, 0.3) is 0 Å². The molecule has 1 aliphatic rings. The van der Waals surface area contributed by atoms with Crippen molar-refractivity contribution < 1.29 is 0 Å². The molecule has 0 unspecified atom stereocenters. The zero-order valence-electron chi connectivity index (χ0n) is 12.5. The highest BCUT2D eigenvalue weighted by molar-refractivity contribution is 6.29. The van der Waals surface area contributed by atoms with Crippen molar-refractivity contribution in [3.05, 3.63) is 17.0 Å². The molecule has 1 saturated carbocycles. The molecule has 0 bridgehead atoms. The van der Waals surface area contributed by atoms with Gasteiger partial charge in [-0.05, 0) is 37.0 Å². The van der Waals surface area contributed by atoms with Crippen LogP contribution in [0.2, 0.25) is 5.15 Å². The first-order chi connectivity index (χ1) is 8.65. The van der Waals surface area contributed by atoms with Gasteiger partial charge in [0, 0.05) is 12.1 Å². The smallest absolute Gasteiger partial charge is 0.134 e. The molecular weight excluding hydrogens is 258 g/mol. The van der Waals surface area contributed by atoms with Crippen molar-refractivity contribution in [3.63, 3.8) is 0 Å². The van der Waals surface area contributed by atoms with E-state index in [4.69, 9.17) is 11.6 Å². The van der Waals surface area contributed by atoms with Crippen molar-refractivity contribution in [3.8, 4) is 0 Å². The summed E-state index contributed by atoms with van der Waals surface area (Å²) in [6.07, 6.45) is 3.59. The summed E-state index contributed by atoms with van der Waals surface area (Å²) in [4.78, 5) is 8.52. The van der Waals surface area contributed by atoms with Crippen molar-refractivity contribution in [1.82, 2.24) is 9.97 Å². The zero-order valence-corrected chi connectivity index (χ0v) is 13.3. The molecule has 0 aliphatic heterocycles. The van der Waals surface area contributed by atoms with E-state index in [1.807, 2.05) is 13.0 Å². The summed E-state index contributed by atoms with van der Waals surface area (Å²) in [7, 11) is 0. The van der Waals surface area contributed by atoms with Crippen molar-refractivity contribution in [1.29, 1.82) is 0 Å². The van der Waals surface area contributed by atoms with Crippen molar-refractivity contribution in [2.45, 2.75) is 59.9 Å². The molecule has 0 saturated heterocycles. The lowest BCUT2D eigenvalue weighted by Gasteiger charge is -2.45. The van der Waals surface area contributed by atoms with Crippen LogP contribution in [0.25, 0.3) is 0 Å². The molecule has 0 amide bonds. The molecule has 0 radical (unpaired) electrons. The third kappa shape index (κ3) is 4.07. The number of hydrogen-bond acceptors (Lipinski definition) is 3. The Morgan fingerprint density at radius 2 is 1.74 bits per heavy atom. The average Bonchev–Trinajstić information content (AvgIpc) is 2.08. The highest BCUT2D eigenvalue weighted by Gasteiger charge is 2.38. The van der Waals surface area contributed by atoms with Crippen LogP contribution in [0, 0.1) is 17.8 Å². The van der Waals surface area contributed by atoms with E-state index in [0.717, 1.165) is 18.7 Å². The second kappa shape index (κ2) is 4.93. The number of halogens is 1. The van der Waals surface area contributed by atoms with Gasteiger partial charge in [0.15, 0.2) is 0 Å². The lowest BCUT2D eigenvalue weighted by atomic mass is 9.63. The second-order valence-corrected chi connectivity index (χ2v) is 7.77. The van der Waals surface area contributed by atoms with Gasteiger partial charge < -0.3 is 5.32 Å². The van der Waals surface area contributed by atoms with Gasteiger partial charge in [0.1, 0.15) is 16.8 Å². The first-order valence-corrected chi connectivity index (χ1v) is 7.31. The lowest BCUT2D eigenvalue weighted by Crippen LogP contribution is -2.40. The van der Waals surface area contributed by atoms with E-state index in [2.05, 4.69) is 43.0 Å². The number of aryl methyl sites for hydroxylation is 1. The summed E-state index contributed by atoms with van der Waals surface area (Å²) in [5.74, 6) is 1.56. The Morgan fingerprint density at radius 1 is 1.16 bits per heavy atom. The van der Waals surface area contributed by atoms with E-state index in [1.54, 1.807) is 0 Å². The fraction of sp³-hybridized carbons (Fsp3) is 0.733. The van der Waals surface area contributed by atoms with E-state index in [1.165, 1.54) is 6.42 Å². The summed E-state index contributed by atoms with van der Waals surface area (Å²) < 4.78 is 0. The Hall–Kier alpha value is -0.830. The summed E-state index contributed by atoms with van der Waals surface area (Å²) in [6.45, 7) is 11.3. The van der Waals surface area contributed by atoms with Gasteiger partial charge in [0.05, 0.1) is 0 Å². The second-order valence-electron chi connectivity index (χ2n) is 7.38. The SMILES string of the molecule is Cc1nc(Cl)cc(NC2CC(C)(C)CC(C)(C)C2)n1. The number of hydrogen-bond donors (Lipinski definition) is 1. The van der Waals surface area contributed by atoms with Crippen LogP contribution in [0.3, 0.4) is 0 Å². The first kappa shape index (κ1) is 14.6. The van der Waals surface area contributed by atoms with Crippen LogP contribution in [-0.4, -0.2) is 16.0 Å². The van der Waals surface area contributed by atoms with Crippen LogP contribution in [0.4, 0.5) is 5.82 Å². The summed E-state index contributed by atoms with van der Waals surface area (Å²) in [6, 6.07) is 2.26. The third-order valence-corrected chi connectivity index (χ3v) is 3.91. The number of rotatable bonds is 2. The molecule has 2 rings (SSSR count). The average molecular weight is 282 g/mol. The Labute approximate surface area is 121 Å². The van der Waals surface area contributed by atoms with Gasteiger partial charge >= 0.3 is 0 Å². The standard InChI is InChI=1S/C15H24ClN3/c1-10-17-12(16)6-13(18-10)19-11-7-14(2,3)9-15(4,5)8-11/h6,11H,7-9H2,1-5H3,(H,17,18,19). The van der Waals surface area contributed by atoms with Crippen LogP contribution in [0.5, 0.6) is 0 Å². The molecule has 0 spiro atoms. The lowest BCUT2D eigenvalue weighted by molar-refractivity contribution is 0.105. The maximum Gasteiger partial charge on any atom is 0.134 e. The van der Waals surface area contributed by atoms with Gasteiger partial charge in [-0.15, -0.1) is 0 Å². The topological polar surface area (TPSA) is 37.8 Å². The highest BCUT2D eigenvalue weighted by Crippen LogP contribution is 2.46. The number of aromatic nitrogens is 2. The van der Waals surface area contributed by atoms with Gasteiger partial charge in [0.2, 0.25) is 0 Å². The van der Waals surface area contributed by atoms with Gasteiger partial charge in [-0.3, -0.25) is 0 Å². The molecule has 4 heteroatoms. The van der Waals surface area contributed by atoms with Crippen LogP contribution in [0.15, 0.2) is 6.07 Å². The molecule has 1 fully saturated rings. The Balaban J connectivity index is 2.14. The van der Waals surface area contributed by atoms with Crippen LogP contribution in [0.1, 0.15) is 52.8 Å². The predicted octanol–water partition coefficient (Wildman–Crippen LogP) is 4.46. The number of nitrogens with one attached hydrogen (secondary N) is 1. The van der Waals surface area contributed by atoms with Crippen molar-refractivity contribution in [2.24, 2.45) is 10.8 Å². The van der Waals surface area contributed by atoms with Gasteiger partial charge in [-0.25, -0.2) is 9.97 Å². The fourth-order valence-corrected chi connectivity index (χ4v) is 3.99. The van der Waals surface area contributed by atoms with Crippen LogP contribution in [-0.2, 0) is 0 Å². The number of nitrogens with zero attached hydrogens (tertiary/aromatic N) is 2. The monoisotopic (exact) mass is 281 g/mol. The molecular formula is C15H24ClN3. The van der Waals surface area contributed by atoms with Crippen molar-refractivity contribution >= 4 is 17.4 Å². The minimum atomic E-state index is 0.366. The van der Waals surface area contributed by atoms with Gasteiger partial charge in [-0.1, -0.05) is 39.3 Å². The summed E-state index contributed by atoms with van der Waals surface area (Å²) in [5, 5.41) is 4.04. The third-order valence-electron chi connectivity index (χ3n) is 3.71. The van der Waals surface area contributed by atoms with E-state index in [9.17, 15) is 0 Å². The van der Waals surface area contributed by atoms with E-state index in [0.29, 0.717) is 27.8 Å². The van der Waals surface area contributed by atoms with E-state index < -0.39 is 0 Å². The minimum absolute atomic E-state index is 0.366. The highest BCUT2D eigenvalue weighted by atomic mass is 35.5. The normalized spacial score (nSPS) is 22.2. The molecule has 1 aromatic heterocycles. The molecule has 1 aromatic rings. The predicted molar refractivity (Wildman–Crippen MR) is 80.6 cm³/mol. The van der Waals surface area contributed by atoms with Crippen molar-refractivity contribution in [2.75, 3.05) is 5.32 Å².